The molecule has 0 bridgehead atoms. The first-order chi connectivity index (χ1) is 12.5. The van der Waals surface area contributed by atoms with Crippen molar-refractivity contribution in [1.82, 2.24) is 10.8 Å². The number of nitrogens with one attached hydrogen (secondary N) is 2. The first-order valence-corrected chi connectivity index (χ1v) is 7.93. The Hall–Kier alpha value is -3.03. The van der Waals surface area contributed by atoms with Crippen LogP contribution in [0.1, 0.15) is 27.6 Å². The molecule has 26 heavy (non-hydrogen) atoms. The molecular weight excluding hydrogens is 336 g/mol. The van der Waals surface area contributed by atoms with Gasteiger partial charge in [0, 0.05) is 11.1 Å². The summed E-state index contributed by atoms with van der Waals surface area (Å²) in [6.45, 7) is 1.40. The fourth-order valence-corrected chi connectivity index (χ4v) is 2.36. The van der Waals surface area contributed by atoms with E-state index in [1.54, 1.807) is 36.4 Å². The van der Waals surface area contributed by atoms with Crippen LogP contribution in [0.2, 0.25) is 0 Å². The van der Waals surface area contributed by atoms with Crippen LogP contribution in [0.3, 0.4) is 0 Å². The Morgan fingerprint density at radius 1 is 1.04 bits per heavy atom. The zero-order valence-corrected chi connectivity index (χ0v) is 14.4. The molecule has 0 aromatic heterocycles. The second-order valence-electron chi connectivity index (χ2n) is 5.68. The van der Waals surface area contributed by atoms with Gasteiger partial charge in [-0.25, -0.2) is 5.48 Å². The molecule has 0 fully saturated rings. The van der Waals surface area contributed by atoms with Crippen molar-refractivity contribution >= 4 is 18.1 Å². The molecule has 2 unspecified atom stereocenters. The van der Waals surface area contributed by atoms with Crippen molar-refractivity contribution in [3.05, 3.63) is 59.7 Å². The van der Waals surface area contributed by atoms with Crippen LogP contribution in [0, 0.1) is 0 Å². The second kappa shape index (κ2) is 8.89. The number of aliphatic hydroxyl groups is 1. The van der Waals surface area contributed by atoms with E-state index in [1.165, 1.54) is 14.0 Å². The molecule has 0 aliphatic heterocycles. The minimum absolute atomic E-state index is 0.342. The highest BCUT2D eigenvalue weighted by Crippen LogP contribution is 2.20. The zero-order valence-electron chi connectivity index (χ0n) is 14.4. The SMILES string of the molecule is CONC(=O)C(NC(=O)c1ccc(-c2ccc(C=O)cc2)cc1)C(C)O. The van der Waals surface area contributed by atoms with E-state index in [9.17, 15) is 19.5 Å². The first-order valence-electron chi connectivity index (χ1n) is 7.93. The van der Waals surface area contributed by atoms with Gasteiger partial charge in [0.05, 0.1) is 13.2 Å². The van der Waals surface area contributed by atoms with Gasteiger partial charge in [-0.3, -0.25) is 19.2 Å². The summed E-state index contributed by atoms with van der Waals surface area (Å²) in [6.07, 6.45) is -0.320. The van der Waals surface area contributed by atoms with E-state index >= 15 is 0 Å². The van der Waals surface area contributed by atoms with E-state index in [-0.39, 0.29) is 0 Å². The summed E-state index contributed by atoms with van der Waals surface area (Å²) in [5, 5.41) is 12.2. The predicted molar refractivity (Wildman–Crippen MR) is 95.4 cm³/mol. The van der Waals surface area contributed by atoms with Crippen molar-refractivity contribution in [2.24, 2.45) is 0 Å². The standard InChI is InChI=1S/C19H20N2O5/c1-12(23)17(19(25)21-26-2)20-18(24)16-9-7-15(8-10-16)14-5-3-13(11-22)4-6-14/h3-12,17,23H,1-2H3,(H,20,24)(H,21,25). The number of aldehydes is 1. The van der Waals surface area contributed by atoms with Gasteiger partial charge < -0.3 is 10.4 Å². The summed E-state index contributed by atoms with van der Waals surface area (Å²) >= 11 is 0. The molecular formula is C19H20N2O5. The summed E-state index contributed by atoms with van der Waals surface area (Å²) in [6, 6.07) is 12.7. The van der Waals surface area contributed by atoms with Crippen molar-refractivity contribution in [3.63, 3.8) is 0 Å². The second-order valence-corrected chi connectivity index (χ2v) is 5.68. The molecule has 0 spiro atoms. The minimum atomic E-state index is -1.14. The fourth-order valence-electron chi connectivity index (χ4n) is 2.36. The number of hydroxylamine groups is 1. The molecule has 7 heteroatoms. The van der Waals surface area contributed by atoms with Gasteiger partial charge in [-0.15, -0.1) is 0 Å². The molecule has 0 radical (unpaired) electrons. The quantitative estimate of drug-likeness (QED) is 0.513. The summed E-state index contributed by atoms with van der Waals surface area (Å²) in [4.78, 5) is 39.3. The topological polar surface area (TPSA) is 105 Å². The van der Waals surface area contributed by atoms with Crippen LogP contribution in [0.5, 0.6) is 0 Å². The predicted octanol–water partition coefficient (Wildman–Crippen LogP) is 1.32. The third-order valence-electron chi connectivity index (χ3n) is 3.78. The number of hydrogen-bond acceptors (Lipinski definition) is 5. The van der Waals surface area contributed by atoms with E-state index < -0.39 is 24.0 Å². The largest absolute Gasteiger partial charge is 0.391 e. The minimum Gasteiger partial charge on any atom is -0.391 e. The smallest absolute Gasteiger partial charge is 0.268 e. The lowest BCUT2D eigenvalue weighted by Crippen LogP contribution is -2.52. The van der Waals surface area contributed by atoms with Gasteiger partial charge >= 0.3 is 0 Å². The molecule has 2 rings (SSSR count). The number of benzene rings is 2. The summed E-state index contributed by atoms with van der Waals surface area (Å²) in [7, 11) is 1.26. The Morgan fingerprint density at radius 3 is 2.04 bits per heavy atom. The van der Waals surface area contributed by atoms with Gasteiger partial charge in [-0.2, -0.15) is 0 Å². The molecule has 2 atom stereocenters. The van der Waals surface area contributed by atoms with E-state index in [0.29, 0.717) is 11.1 Å². The van der Waals surface area contributed by atoms with Gasteiger partial charge in [-0.05, 0) is 30.2 Å². The van der Waals surface area contributed by atoms with Crippen molar-refractivity contribution < 1.29 is 24.3 Å². The van der Waals surface area contributed by atoms with Crippen molar-refractivity contribution in [2.45, 2.75) is 19.1 Å². The number of hydrogen-bond donors (Lipinski definition) is 3. The maximum atomic E-state index is 12.3. The zero-order chi connectivity index (χ0) is 19.1. The van der Waals surface area contributed by atoms with Crippen molar-refractivity contribution in [3.8, 4) is 11.1 Å². The van der Waals surface area contributed by atoms with Gasteiger partial charge in [0.25, 0.3) is 11.8 Å². The monoisotopic (exact) mass is 356 g/mol. The molecule has 0 saturated heterocycles. The van der Waals surface area contributed by atoms with E-state index in [4.69, 9.17) is 0 Å². The lowest BCUT2D eigenvalue weighted by molar-refractivity contribution is -0.135. The number of amides is 2. The molecule has 2 aromatic rings. The van der Waals surface area contributed by atoms with Gasteiger partial charge in [0.15, 0.2) is 0 Å². The van der Waals surface area contributed by atoms with Crippen molar-refractivity contribution in [1.29, 1.82) is 0 Å². The fraction of sp³-hybridized carbons (Fsp3) is 0.211. The average molecular weight is 356 g/mol. The third kappa shape index (κ3) is 4.75. The number of carbonyl (C=O) groups excluding carboxylic acids is 3. The van der Waals surface area contributed by atoms with Crippen LogP contribution < -0.4 is 10.8 Å². The van der Waals surface area contributed by atoms with Crippen LogP contribution in [0.4, 0.5) is 0 Å². The molecule has 2 aromatic carbocycles. The summed E-state index contributed by atoms with van der Waals surface area (Å²) in [5.74, 6) is -1.15. The molecule has 0 saturated carbocycles. The Kier molecular flexibility index (Phi) is 6.60. The molecule has 0 aliphatic rings. The molecule has 0 heterocycles. The molecule has 3 N–H and O–H groups in total. The molecule has 2 amide bonds. The number of carbonyl (C=O) groups is 3. The highest BCUT2D eigenvalue weighted by Gasteiger charge is 2.26. The van der Waals surface area contributed by atoms with Crippen LogP contribution in [-0.4, -0.2) is 42.5 Å². The first kappa shape index (κ1) is 19.3. The molecule has 0 aliphatic carbocycles. The maximum Gasteiger partial charge on any atom is 0.268 e. The molecule has 7 nitrogen and oxygen atoms in total. The summed E-state index contributed by atoms with van der Waals surface area (Å²) in [5.41, 5.74) is 4.80. The van der Waals surface area contributed by atoms with Crippen LogP contribution in [0.15, 0.2) is 48.5 Å². The highest BCUT2D eigenvalue weighted by atomic mass is 16.6. The number of aliphatic hydroxyl groups excluding tert-OH is 1. The Bertz CT molecular complexity index is 770. The van der Waals surface area contributed by atoms with Gasteiger partial charge in [0.2, 0.25) is 0 Å². The maximum absolute atomic E-state index is 12.3. The van der Waals surface area contributed by atoms with E-state index in [2.05, 4.69) is 15.6 Å². The normalized spacial score (nSPS) is 12.7. The third-order valence-corrected chi connectivity index (χ3v) is 3.78. The van der Waals surface area contributed by atoms with Crippen LogP contribution in [-0.2, 0) is 9.63 Å². The summed E-state index contributed by atoms with van der Waals surface area (Å²) < 4.78 is 0. The van der Waals surface area contributed by atoms with Gasteiger partial charge in [0.1, 0.15) is 12.3 Å². The lowest BCUT2D eigenvalue weighted by Gasteiger charge is -2.20. The van der Waals surface area contributed by atoms with Crippen molar-refractivity contribution in [2.75, 3.05) is 7.11 Å². The van der Waals surface area contributed by atoms with Crippen LogP contribution >= 0.6 is 0 Å². The van der Waals surface area contributed by atoms with Crippen LogP contribution in [0.25, 0.3) is 11.1 Å². The highest BCUT2D eigenvalue weighted by molar-refractivity contribution is 5.98. The Morgan fingerprint density at radius 2 is 1.58 bits per heavy atom. The average Bonchev–Trinajstić information content (AvgIpc) is 2.66. The van der Waals surface area contributed by atoms with E-state index in [1.807, 2.05) is 12.1 Å². The van der Waals surface area contributed by atoms with E-state index in [0.717, 1.165) is 17.4 Å². The number of rotatable bonds is 7. The Labute approximate surface area is 150 Å². The van der Waals surface area contributed by atoms with Gasteiger partial charge in [-0.1, -0.05) is 36.4 Å². The lowest BCUT2D eigenvalue weighted by atomic mass is 10.0. The molecule has 136 valence electrons. The Balaban J connectivity index is 2.12.